The van der Waals surface area contributed by atoms with E-state index in [1.165, 1.54) is 12.8 Å². The number of nitrogens with zero attached hydrogens (tertiary/aromatic N) is 4. The van der Waals surface area contributed by atoms with Gasteiger partial charge in [-0.25, -0.2) is 9.97 Å². The number of hydrogen-bond acceptors (Lipinski definition) is 5. The molecule has 1 fully saturated rings. The SMILES string of the molecule is Cc1ccc2nc(Cl)nc(Nc3cc(C4CC4)n[nH]3)c2n1. The Kier molecular flexibility index (Phi) is 2.78. The quantitative estimate of drug-likeness (QED) is 0.725. The molecule has 21 heavy (non-hydrogen) atoms. The summed E-state index contributed by atoms with van der Waals surface area (Å²) in [6, 6.07) is 5.80. The molecule has 3 aromatic heterocycles. The van der Waals surface area contributed by atoms with Crippen molar-refractivity contribution < 1.29 is 0 Å². The summed E-state index contributed by atoms with van der Waals surface area (Å²) >= 11 is 5.98. The summed E-state index contributed by atoms with van der Waals surface area (Å²) in [6.45, 7) is 1.93. The maximum absolute atomic E-state index is 5.98. The van der Waals surface area contributed by atoms with Crippen molar-refractivity contribution in [3.8, 4) is 0 Å². The van der Waals surface area contributed by atoms with E-state index in [2.05, 4.69) is 30.5 Å². The summed E-state index contributed by atoms with van der Waals surface area (Å²) in [7, 11) is 0. The molecule has 1 aliphatic carbocycles. The number of aromatic nitrogens is 5. The van der Waals surface area contributed by atoms with E-state index >= 15 is 0 Å². The lowest BCUT2D eigenvalue weighted by Gasteiger charge is -2.07. The molecule has 0 unspecified atom stereocenters. The van der Waals surface area contributed by atoms with E-state index in [0.717, 1.165) is 17.2 Å². The molecule has 4 rings (SSSR count). The molecule has 7 heteroatoms. The third-order valence-corrected chi connectivity index (χ3v) is 3.67. The molecule has 3 heterocycles. The highest BCUT2D eigenvalue weighted by molar-refractivity contribution is 6.28. The fraction of sp³-hybridized carbons (Fsp3) is 0.286. The molecule has 106 valence electrons. The number of aromatic amines is 1. The Balaban J connectivity index is 1.75. The van der Waals surface area contributed by atoms with Gasteiger partial charge >= 0.3 is 0 Å². The van der Waals surface area contributed by atoms with E-state index in [-0.39, 0.29) is 5.28 Å². The van der Waals surface area contributed by atoms with Gasteiger partial charge in [0.25, 0.3) is 0 Å². The second kappa shape index (κ2) is 4.66. The zero-order valence-electron chi connectivity index (χ0n) is 11.4. The molecule has 1 saturated carbocycles. The van der Waals surface area contributed by atoms with Crippen LogP contribution in [-0.4, -0.2) is 25.1 Å². The van der Waals surface area contributed by atoms with Gasteiger partial charge in [0.2, 0.25) is 5.28 Å². The van der Waals surface area contributed by atoms with Crippen LogP contribution in [0.5, 0.6) is 0 Å². The summed E-state index contributed by atoms with van der Waals surface area (Å²) in [5, 5.41) is 10.7. The van der Waals surface area contributed by atoms with Crippen LogP contribution in [0.2, 0.25) is 5.28 Å². The molecule has 0 atom stereocenters. The van der Waals surface area contributed by atoms with Crippen molar-refractivity contribution in [3.05, 3.63) is 34.9 Å². The van der Waals surface area contributed by atoms with Crippen LogP contribution >= 0.6 is 11.6 Å². The number of pyridine rings is 1. The van der Waals surface area contributed by atoms with Crippen LogP contribution in [0.3, 0.4) is 0 Å². The van der Waals surface area contributed by atoms with Crippen LogP contribution in [0.25, 0.3) is 11.0 Å². The largest absolute Gasteiger partial charge is 0.323 e. The lowest BCUT2D eigenvalue weighted by Crippen LogP contribution is -1.99. The Morgan fingerprint density at radius 3 is 2.90 bits per heavy atom. The van der Waals surface area contributed by atoms with Gasteiger partial charge in [0.1, 0.15) is 11.3 Å². The molecular formula is C14H13ClN6. The zero-order valence-corrected chi connectivity index (χ0v) is 12.1. The van der Waals surface area contributed by atoms with Gasteiger partial charge in [0.05, 0.1) is 11.2 Å². The minimum Gasteiger partial charge on any atom is -0.323 e. The molecule has 0 spiro atoms. The van der Waals surface area contributed by atoms with Crippen molar-refractivity contribution in [1.82, 2.24) is 25.1 Å². The predicted octanol–water partition coefficient (Wildman–Crippen LogP) is 3.33. The summed E-state index contributed by atoms with van der Waals surface area (Å²) in [4.78, 5) is 12.9. The third-order valence-electron chi connectivity index (χ3n) is 3.50. The van der Waals surface area contributed by atoms with Gasteiger partial charge in [-0.05, 0) is 43.5 Å². The maximum atomic E-state index is 5.98. The van der Waals surface area contributed by atoms with Crippen LogP contribution < -0.4 is 5.32 Å². The molecular weight excluding hydrogens is 288 g/mol. The fourth-order valence-electron chi connectivity index (χ4n) is 2.29. The molecule has 6 nitrogen and oxygen atoms in total. The lowest BCUT2D eigenvalue weighted by atomic mass is 10.3. The van der Waals surface area contributed by atoms with Crippen molar-refractivity contribution in [1.29, 1.82) is 0 Å². The van der Waals surface area contributed by atoms with Gasteiger partial charge in [-0.3, -0.25) is 5.10 Å². The first-order chi connectivity index (χ1) is 10.2. The van der Waals surface area contributed by atoms with Crippen LogP contribution in [-0.2, 0) is 0 Å². The molecule has 0 aliphatic heterocycles. The maximum Gasteiger partial charge on any atom is 0.225 e. The van der Waals surface area contributed by atoms with Gasteiger partial charge in [0, 0.05) is 17.7 Å². The summed E-state index contributed by atoms with van der Waals surface area (Å²) in [5.41, 5.74) is 3.40. The second-order valence-electron chi connectivity index (χ2n) is 5.27. The fourth-order valence-corrected chi connectivity index (χ4v) is 2.46. The minimum atomic E-state index is 0.192. The number of hydrogen-bond donors (Lipinski definition) is 2. The summed E-state index contributed by atoms with van der Waals surface area (Å²) in [5.74, 6) is 1.97. The monoisotopic (exact) mass is 300 g/mol. The number of anilines is 2. The van der Waals surface area contributed by atoms with Gasteiger partial charge in [-0.1, -0.05) is 0 Å². The van der Waals surface area contributed by atoms with Crippen molar-refractivity contribution in [2.75, 3.05) is 5.32 Å². The Morgan fingerprint density at radius 1 is 1.24 bits per heavy atom. The first-order valence-electron chi connectivity index (χ1n) is 6.82. The number of nitrogens with one attached hydrogen (secondary N) is 2. The number of halogens is 1. The van der Waals surface area contributed by atoms with E-state index < -0.39 is 0 Å². The van der Waals surface area contributed by atoms with Crippen LogP contribution in [0, 0.1) is 6.92 Å². The number of H-pyrrole nitrogens is 1. The van der Waals surface area contributed by atoms with E-state index in [9.17, 15) is 0 Å². The topological polar surface area (TPSA) is 79.4 Å². The van der Waals surface area contributed by atoms with Crippen molar-refractivity contribution in [2.24, 2.45) is 0 Å². The first-order valence-corrected chi connectivity index (χ1v) is 7.20. The van der Waals surface area contributed by atoms with Crippen molar-refractivity contribution >= 4 is 34.3 Å². The zero-order chi connectivity index (χ0) is 14.4. The van der Waals surface area contributed by atoms with Gasteiger partial charge in [0.15, 0.2) is 5.82 Å². The smallest absolute Gasteiger partial charge is 0.225 e. The molecule has 0 bridgehead atoms. The number of aryl methyl sites for hydroxylation is 1. The Bertz CT molecular complexity index is 823. The Hall–Kier alpha value is -2.21. The van der Waals surface area contributed by atoms with E-state index in [0.29, 0.717) is 22.8 Å². The highest BCUT2D eigenvalue weighted by atomic mass is 35.5. The molecule has 2 N–H and O–H groups in total. The van der Waals surface area contributed by atoms with Crippen LogP contribution in [0.4, 0.5) is 11.6 Å². The molecule has 0 saturated heterocycles. The Morgan fingerprint density at radius 2 is 2.10 bits per heavy atom. The molecule has 0 radical (unpaired) electrons. The molecule has 3 aromatic rings. The van der Waals surface area contributed by atoms with E-state index in [1.54, 1.807) is 0 Å². The molecule has 1 aliphatic rings. The average molecular weight is 301 g/mol. The van der Waals surface area contributed by atoms with Gasteiger partial charge in [-0.2, -0.15) is 10.1 Å². The number of fused-ring (bicyclic) bond motifs is 1. The predicted molar refractivity (Wildman–Crippen MR) is 80.9 cm³/mol. The average Bonchev–Trinajstić information content (AvgIpc) is 3.20. The van der Waals surface area contributed by atoms with Gasteiger partial charge < -0.3 is 5.32 Å². The first kappa shape index (κ1) is 12.5. The lowest BCUT2D eigenvalue weighted by molar-refractivity contribution is 0.966. The molecule has 0 aromatic carbocycles. The summed E-state index contributed by atoms with van der Waals surface area (Å²) in [6.07, 6.45) is 2.43. The van der Waals surface area contributed by atoms with Crippen molar-refractivity contribution in [3.63, 3.8) is 0 Å². The minimum absolute atomic E-state index is 0.192. The standard InChI is InChI=1S/C14H13ClN6/c1-7-2-5-9-12(16-7)13(19-14(15)17-9)18-11-6-10(20-21-11)8-3-4-8/h2,5-6,8H,3-4H2,1H3,(H2,17,18,19,20,21). The summed E-state index contributed by atoms with van der Waals surface area (Å²) < 4.78 is 0. The van der Waals surface area contributed by atoms with Crippen LogP contribution in [0.1, 0.15) is 30.1 Å². The normalized spacial score (nSPS) is 14.6. The van der Waals surface area contributed by atoms with Gasteiger partial charge in [-0.15, -0.1) is 0 Å². The molecule has 0 amide bonds. The number of rotatable bonds is 3. The highest BCUT2D eigenvalue weighted by Gasteiger charge is 2.26. The van der Waals surface area contributed by atoms with E-state index in [1.807, 2.05) is 25.1 Å². The van der Waals surface area contributed by atoms with Crippen LogP contribution in [0.15, 0.2) is 18.2 Å². The Labute approximate surface area is 126 Å². The second-order valence-corrected chi connectivity index (χ2v) is 5.61. The van der Waals surface area contributed by atoms with E-state index in [4.69, 9.17) is 11.6 Å². The third kappa shape index (κ3) is 2.42. The highest BCUT2D eigenvalue weighted by Crippen LogP contribution is 2.39. The van der Waals surface area contributed by atoms with Crippen molar-refractivity contribution in [2.45, 2.75) is 25.7 Å².